The number of nitrogens with two attached hydrogens (primary N) is 1. The topological polar surface area (TPSA) is 26.0 Å². The number of hydrogen-bond donors (Lipinski definition) is 1. The summed E-state index contributed by atoms with van der Waals surface area (Å²) in [7, 11) is 0. The molecular formula is C16H31N. The van der Waals surface area contributed by atoms with E-state index in [4.69, 9.17) is 5.73 Å². The van der Waals surface area contributed by atoms with E-state index in [2.05, 4.69) is 20.8 Å². The first kappa shape index (κ1) is 13.4. The van der Waals surface area contributed by atoms with Crippen LogP contribution in [0.2, 0.25) is 0 Å². The normalized spacial score (nSPS) is 36.7. The summed E-state index contributed by atoms with van der Waals surface area (Å²) in [4.78, 5) is 0. The van der Waals surface area contributed by atoms with Crippen molar-refractivity contribution in [2.24, 2.45) is 23.0 Å². The highest BCUT2D eigenvalue weighted by molar-refractivity contribution is 4.98. The molecule has 0 heterocycles. The highest BCUT2D eigenvalue weighted by Gasteiger charge is 2.41. The van der Waals surface area contributed by atoms with Gasteiger partial charge in [-0.3, -0.25) is 0 Å². The van der Waals surface area contributed by atoms with Crippen molar-refractivity contribution in [2.75, 3.05) is 0 Å². The molecule has 100 valence electrons. The molecule has 2 aliphatic carbocycles. The van der Waals surface area contributed by atoms with E-state index in [1.807, 2.05) is 0 Å². The van der Waals surface area contributed by atoms with Gasteiger partial charge in [-0.05, 0) is 55.8 Å². The highest BCUT2D eigenvalue weighted by Crippen LogP contribution is 2.46. The average molecular weight is 237 g/mol. The van der Waals surface area contributed by atoms with E-state index in [9.17, 15) is 0 Å². The molecule has 0 radical (unpaired) electrons. The second-order valence-corrected chi connectivity index (χ2v) is 7.52. The lowest BCUT2D eigenvalue weighted by molar-refractivity contribution is 0.0853. The van der Waals surface area contributed by atoms with Crippen molar-refractivity contribution in [3.05, 3.63) is 0 Å². The van der Waals surface area contributed by atoms with Crippen LogP contribution in [0.1, 0.15) is 78.6 Å². The molecule has 0 spiro atoms. The van der Waals surface area contributed by atoms with Crippen molar-refractivity contribution in [2.45, 2.75) is 84.1 Å². The summed E-state index contributed by atoms with van der Waals surface area (Å²) in [6.45, 7) is 7.15. The SMILES string of the molecule is CCC1CCC(C2(N)CCC(C)(C)CC2)CC1. The molecule has 0 saturated heterocycles. The van der Waals surface area contributed by atoms with Gasteiger partial charge in [0.2, 0.25) is 0 Å². The maximum Gasteiger partial charge on any atom is 0.0183 e. The minimum Gasteiger partial charge on any atom is -0.325 e. The lowest BCUT2D eigenvalue weighted by Gasteiger charge is -2.47. The van der Waals surface area contributed by atoms with Crippen LogP contribution >= 0.6 is 0 Å². The van der Waals surface area contributed by atoms with Crippen molar-refractivity contribution in [3.8, 4) is 0 Å². The van der Waals surface area contributed by atoms with Gasteiger partial charge < -0.3 is 5.73 Å². The highest BCUT2D eigenvalue weighted by atomic mass is 14.8. The summed E-state index contributed by atoms with van der Waals surface area (Å²) in [6.07, 6.45) is 12.2. The fourth-order valence-electron chi connectivity index (χ4n) is 3.95. The molecular weight excluding hydrogens is 206 g/mol. The van der Waals surface area contributed by atoms with Gasteiger partial charge in [0.15, 0.2) is 0 Å². The van der Waals surface area contributed by atoms with Gasteiger partial charge in [0, 0.05) is 5.54 Å². The van der Waals surface area contributed by atoms with Crippen molar-refractivity contribution in [1.29, 1.82) is 0 Å². The molecule has 0 aromatic heterocycles. The van der Waals surface area contributed by atoms with E-state index in [1.165, 1.54) is 57.8 Å². The molecule has 0 atom stereocenters. The summed E-state index contributed by atoms with van der Waals surface area (Å²) in [6, 6.07) is 0. The monoisotopic (exact) mass is 237 g/mol. The van der Waals surface area contributed by atoms with Crippen molar-refractivity contribution < 1.29 is 0 Å². The Labute approximate surface area is 108 Å². The van der Waals surface area contributed by atoms with Crippen molar-refractivity contribution in [3.63, 3.8) is 0 Å². The molecule has 0 amide bonds. The van der Waals surface area contributed by atoms with Crippen LogP contribution in [0.15, 0.2) is 0 Å². The van der Waals surface area contributed by atoms with Crippen LogP contribution in [0.4, 0.5) is 0 Å². The van der Waals surface area contributed by atoms with Crippen LogP contribution < -0.4 is 5.73 Å². The van der Waals surface area contributed by atoms with Gasteiger partial charge >= 0.3 is 0 Å². The summed E-state index contributed by atoms with van der Waals surface area (Å²) in [5, 5.41) is 0. The summed E-state index contributed by atoms with van der Waals surface area (Å²) < 4.78 is 0. The minimum atomic E-state index is 0.189. The third-order valence-corrected chi connectivity index (χ3v) is 5.77. The third kappa shape index (κ3) is 3.05. The first-order valence-electron chi connectivity index (χ1n) is 7.74. The molecule has 0 unspecified atom stereocenters. The van der Waals surface area contributed by atoms with Gasteiger partial charge in [0.1, 0.15) is 0 Å². The second-order valence-electron chi connectivity index (χ2n) is 7.52. The molecule has 2 N–H and O–H groups in total. The van der Waals surface area contributed by atoms with Crippen molar-refractivity contribution in [1.82, 2.24) is 0 Å². The van der Waals surface area contributed by atoms with Crippen LogP contribution in [0, 0.1) is 17.3 Å². The Balaban J connectivity index is 1.90. The van der Waals surface area contributed by atoms with E-state index < -0.39 is 0 Å². The number of hydrogen-bond acceptors (Lipinski definition) is 1. The first-order chi connectivity index (χ1) is 7.95. The first-order valence-corrected chi connectivity index (χ1v) is 7.74. The van der Waals surface area contributed by atoms with Gasteiger partial charge in [-0.15, -0.1) is 0 Å². The van der Waals surface area contributed by atoms with Gasteiger partial charge in [-0.25, -0.2) is 0 Å². The average Bonchev–Trinajstić information content (AvgIpc) is 2.34. The smallest absolute Gasteiger partial charge is 0.0183 e. The van der Waals surface area contributed by atoms with E-state index in [0.29, 0.717) is 5.41 Å². The zero-order valence-electron chi connectivity index (χ0n) is 12.1. The molecule has 2 rings (SSSR count). The van der Waals surface area contributed by atoms with E-state index in [0.717, 1.165) is 11.8 Å². The Morgan fingerprint density at radius 3 is 1.94 bits per heavy atom. The molecule has 0 bridgehead atoms. The van der Waals surface area contributed by atoms with Crippen LogP contribution in [-0.4, -0.2) is 5.54 Å². The molecule has 0 aromatic carbocycles. The van der Waals surface area contributed by atoms with Gasteiger partial charge in [0.25, 0.3) is 0 Å². The Bertz CT molecular complexity index is 238. The predicted molar refractivity (Wildman–Crippen MR) is 74.9 cm³/mol. The molecule has 1 nitrogen and oxygen atoms in total. The fraction of sp³-hybridized carbons (Fsp3) is 1.00. The Morgan fingerprint density at radius 2 is 1.47 bits per heavy atom. The molecule has 17 heavy (non-hydrogen) atoms. The maximum atomic E-state index is 6.74. The van der Waals surface area contributed by atoms with Crippen molar-refractivity contribution >= 4 is 0 Å². The molecule has 0 aromatic rings. The third-order valence-electron chi connectivity index (χ3n) is 5.77. The van der Waals surface area contributed by atoms with Gasteiger partial charge in [0.05, 0.1) is 0 Å². The molecule has 0 aliphatic heterocycles. The fourth-order valence-corrected chi connectivity index (χ4v) is 3.95. The lowest BCUT2D eigenvalue weighted by Crippen LogP contribution is -2.51. The van der Waals surface area contributed by atoms with Gasteiger partial charge in [-0.1, -0.05) is 40.0 Å². The molecule has 2 saturated carbocycles. The lowest BCUT2D eigenvalue weighted by atomic mass is 9.61. The Morgan fingerprint density at radius 1 is 0.941 bits per heavy atom. The standard InChI is InChI=1S/C16H31N/c1-4-13-5-7-14(8-6-13)16(17)11-9-15(2,3)10-12-16/h13-14H,4-12,17H2,1-3H3. The Hall–Kier alpha value is -0.0400. The van der Waals surface area contributed by atoms with Gasteiger partial charge in [-0.2, -0.15) is 0 Å². The van der Waals surface area contributed by atoms with E-state index >= 15 is 0 Å². The predicted octanol–water partition coefficient (Wildman–Crippen LogP) is 4.50. The summed E-state index contributed by atoms with van der Waals surface area (Å²) >= 11 is 0. The maximum absolute atomic E-state index is 6.74. The van der Waals surface area contributed by atoms with Crippen LogP contribution in [0.25, 0.3) is 0 Å². The van der Waals surface area contributed by atoms with Crippen LogP contribution in [0.5, 0.6) is 0 Å². The molecule has 2 aliphatic rings. The molecule has 1 heteroatoms. The van der Waals surface area contributed by atoms with Crippen LogP contribution in [0.3, 0.4) is 0 Å². The molecule has 2 fully saturated rings. The zero-order chi connectivity index (χ0) is 12.5. The van der Waals surface area contributed by atoms with Crippen LogP contribution in [-0.2, 0) is 0 Å². The largest absolute Gasteiger partial charge is 0.325 e. The Kier molecular flexibility index (Phi) is 3.87. The minimum absolute atomic E-state index is 0.189. The van der Waals surface area contributed by atoms with E-state index in [1.54, 1.807) is 0 Å². The summed E-state index contributed by atoms with van der Waals surface area (Å²) in [5.74, 6) is 1.82. The number of rotatable bonds is 2. The zero-order valence-corrected chi connectivity index (χ0v) is 12.1. The van der Waals surface area contributed by atoms with E-state index in [-0.39, 0.29) is 5.54 Å². The quantitative estimate of drug-likeness (QED) is 0.752. The summed E-state index contributed by atoms with van der Waals surface area (Å²) in [5.41, 5.74) is 7.48. The second kappa shape index (κ2) is 4.91.